The van der Waals surface area contributed by atoms with Gasteiger partial charge in [0.1, 0.15) is 5.75 Å². The summed E-state index contributed by atoms with van der Waals surface area (Å²) in [7, 11) is 1.67. The fourth-order valence-electron chi connectivity index (χ4n) is 1.65. The van der Waals surface area contributed by atoms with E-state index < -0.39 is 0 Å². The van der Waals surface area contributed by atoms with Gasteiger partial charge in [-0.15, -0.1) is 0 Å². The van der Waals surface area contributed by atoms with Gasteiger partial charge in [-0.2, -0.15) is 0 Å². The Morgan fingerprint density at radius 1 is 1.06 bits per heavy atom. The predicted molar refractivity (Wildman–Crippen MR) is 70.8 cm³/mol. The lowest BCUT2D eigenvalue weighted by Crippen LogP contribution is -1.83. The second-order valence-electron chi connectivity index (χ2n) is 3.84. The molecule has 86 valence electrons. The van der Waals surface area contributed by atoms with Crippen LogP contribution >= 0.6 is 0 Å². The van der Waals surface area contributed by atoms with E-state index in [2.05, 4.69) is 18.0 Å². The van der Waals surface area contributed by atoms with E-state index in [-0.39, 0.29) is 0 Å². The van der Waals surface area contributed by atoms with Crippen molar-refractivity contribution in [2.24, 2.45) is 0 Å². The van der Waals surface area contributed by atoms with Crippen LogP contribution in [0.25, 0.3) is 11.6 Å². The molecule has 0 aliphatic heterocycles. The van der Waals surface area contributed by atoms with Crippen molar-refractivity contribution in [3.63, 3.8) is 0 Å². The molecule has 1 heterocycles. The van der Waals surface area contributed by atoms with E-state index in [1.54, 1.807) is 19.5 Å². The summed E-state index contributed by atoms with van der Waals surface area (Å²) in [5, 5.41) is 0. The molecule has 2 nitrogen and oxygen atoms in total. The van der Waals surface area contributed by atoms with Gasteiger partial charge in [0.15, 0.2) is 0 Å². The van der Waals surface area contributed by atoms with Crippen molar-refractivity contribution in [3.05, 3.63) is 59.9 Å². The lowest BCUT2D eigenvalue weighted by molar-refractivity contribution is 0.415. The van der Waals surface area contributed by atoms with Crippen LogP contribution in [0.4, 0.5) is 0 Å². The van der Waals surface area contributed by atoms with Crippen LogP contribution < -0.4 is 4.74 Å². The largest absolute Gasteiger partial charge is 0.497 e. The molecule has 0 spiro atoms. The molecule has 1 aromatic carbocycles. The van der Waals surface area contributed by atoms with Crippen LogP contribution in [-0.2, 0) is 0 Å². The Morgan fingerprint density at radius 3 is 2.29 bits per heavy atom. The van der Waals surface area contributed by atoms with Crippen molar-refractivity contribution in [3.8, 4) is 5.75 Å². The maximum Gasteiger partial charge on any atom is 0.118 e. The van der Waals surface area contributed by atoms with Gasteiger partial charge in [0, 0.05) is 12.4 Å². The first-order valence-electron chi connectivity index (χ1n) is 5.52. The van der Waals surface area contributed by atoms with Gasteiger partial charge in [0.25, 0.3) is 0 Å². The van der Waals surface area contributed by atoms with Gasteiger partial charge in [0.05, 0.1) is 7.11 Å². The van der Waals surface area contributed by atoms with Gasteiger partial charge in [-0.3, -0.25) is 4.98 Å². The summed E-state index contributed by atoms with van der Waals surface area (Å²) >= 11 is 0. The van der Waals surface area contributed by atoms with Crippen LogP contribution in [-0.4, -0.2) is 12.1 Å². The number of ether oxygens (including phenoxy) is 1. The van der Waals surface area contributed by atoms with E-state index in [9.17, 15) is 0 Å². The molecule has 0 unspecified atom stereocenters. The Labute approximate surface area is 102 Å². The number of nitrogens with zero attached hydrogens (tertiary/aromatic N) is 1. The Hall–Kier alpha value is -2.09. The minimum absolute atomic E-state index is 0.878. The van der Waals surface area contributed by atoms with Crippen molar-refractivity contribution < 1.29 is 4.74 Å². The van der Waals surface area contributed by atoms with Gasteiger partial charge in [-0.25, -0.2) is 0 Å². The smallest absolute Gasteiger partial charge is 0.118 e. The third-order valence-electron chi connectivity index (χ3n) is 2.63. The van der Waals surface area contributed by atoms with Gasteiger partial charge < -0.3 is 4.74 Å². The number of hydrogen-bond donors (Lipinski definition) is 0. The van der Waals surface area contributed by atoms with Crippen LogP contribution in [0, 0.1) is 0 Å². The number of rotatable bonds is 3. The molecule has 0 fully saturated rings. The standard InChI is InChI=1S/C15H15NO/c1-12(14-7-9-16-10-8-14)11-13-3-5-15(17-2)6-4-13/h3-11H,1-2H3. The normalized spacial score (nSPS) is 11.3. The van der Waals surface area contributed by atoms with Crippen LogP contribution in [0.2, 0.25) is 0 Å². The Bertz CT molecular complexity index is 500. The number of hydrogen-bond acceptors (Lipinski definition) is 2. The summed E-state index contributed by atoms with van der Waals surface area (Å²) in [6, 6.07) is 12.0. The molecule has 0 aliphatic carbocycles. The van der Waals surface area contributed by atoms with Crippen LogP contribution in [0.3, 0.4) is 0 Å². The summed E-state index contributed by atoms with van der Waals surface area (Å²) in [4.78, 5) is 4.01. The summed E-state index contributed by atoms with van der Waals surface area (Å²) in [5.74, 6) is 0.878. The lowest BCUT2D eigenvalue weighted by atomic mass is 10.1. The zero-order chi connectivity index (χ0) is 12.1. The summed E-state index contributed by atoms with van der Waals surface area (Å²) in [6.07, 6.45) is 5.76. The third-order valence-corrected chi connectivity index (χ3v) is 2.63. The van der Waals surface area contributed by atoms with Crippen molar-refractivity contribution in [2.45, 2.75) is 6.92 Å². The second-order valence-corrected chi connectivity index (χ2v) is 3.84. The maximum absolute atomic E-state index is 5.13. The molecule has 17 heavy (non-hydrogen) atoms. The van der Waals surface area contributed by atoms with Gasteiger partial charge in [0.2, 0.25) is 0 Å². The Morgan fingerprint density at radius 2 is 1.71 bits per heavy atom. The monoisotopic (exact) mass is 225 g/mol. The number of allylic oxidation sites excluding steroid dienone is 1. The molecule has 0 radical (unpaired) electrons. The number of pyridine rings is 1. The van der Waals surface area contributed by atoms with Crippen molar-refractivity contribution >= 4 is 11.6 Å². The zero-order valence-electron chi connectivity index (χ0n) is 10.1. The molecule has 0 atom stereocenters. The number of benzene rings is 1. The number of aromatic nitrogens is 1. The summed E-state index contributed by atoms with van der Waals surface area (Å²) in [6.45, 7) is 2.10. The lowest BCUT2D eigenvalue weighted by Gasteiger charge is -2.02. The molecule has 0 saturated carbocycles. The molecule has 0 N–H and O–H groups in total. The molecular formula is C15H15NO. The molecule has 1 aromatic heterocycles. The maximum atomic E-state index is 5.13. The van der Waals surface area contributed by atoms with E-state index in [0.717, 1.165) is 5.75 Å². The third kappa shape index (κ3) is 2.94. The van der Waals surface area contributed by atoms with E-state index >= 15 is 0 Å². The van der Waals surface area contributed by atoms with Crippen molar-refractivity contribution in [2.75, 3.05) is 7.11 Å². The molecule has 2 aromatic rings. The first-order valence-corrected chi connectivity index (χ1v) is 5.52. The van der Waals surface area contributed by atoms with E-state index in [0.29, 0.717) is 0 Å². The van der Waals surface area contributed by atoms with Crippen LogP contribution in [0.5, 0.6) is 5.75 Å². The highest BCUT2D eigenvalue weighted by Gasteiger charge is 1.96. The SMILES string of the molecule is COc1ccc(C=C(C)c2ccncc2)cc1. The first-order chi connectivity index (χ1) is 8.29. The van der Waals surface area contributed by atoms with E-state index in [4.69, 9.17) is 4.74 Å². The van der Waals surface area contributed by atoms with Crippen LogP contribution in [0.15, 0.2) is 48.8 Å². The predicted octanol–water partition coefficient (Wildman–Crippen LogP) is 3.65. The molecule has 2 heteroatoms. The average Bonchev–Trinajstić information content (AvgIpc) is 2.40. The van der Waals surface area contributed by atoms with Gasteiger partial charge >= 0.3 is 0 Å². The van der Waals surface area contributed by atoms with Gasteiger partial charge in [-0.1, -0.05) is 18.2 Å². The van der Waals surface area contributed by atoms with Crippen molar-refractivity contribution in [1.29, 1.82) is 0 Å². The average molecular weight is 225 g/mol. The fourth-order valence-corrected chi connectivity index (χ4v) is 1.65. The highest BCUT2D eigenvalue weighted by Crippen LogP contribution is 2.18. The minimum Gasteiger partial charge on any atom is -0.497 e. The summed E-state index contributed by atoms with van der Waals surface area (Å²) in [5.41, 5.74) is 3.58. The topological polar surface area (TPSA) is 22.1 Å². The molecule has 0 saturated heterocycles. The molecule has 2 rings (SSSR count). The van der Waals surface area contributed by atoms with Gasteiger partial charge in [-0.05, 0) is 47.9 Å². The van der Waals surface area contributed by atoms with E-state index in [1.165, 1.54) is 16.7 Å². The van der Waals surface area contributed by atoms with Crippen molar-refractivity contribution in [1.82, 2.24) is 4.98 Å². The second kappa shape index (κ2) is 5.30. The molecule has 0 bridgehead atoms. The highest BCUT2D eigenvalue weighted by atomic mass is 16.5. The fraction of sp³-hybridized carbons (Fsp3) is 0.133. The minimum atomic E-state index is 0.878. The highest BCUT2D eigenvalue weighted by molar-refractivity contribution is 5.79. The quantitative estimate of drug-likeness (QED) is 0.795. The number of methoxy groups -OCH3 is 1. The van der Waals surface area contributed by atoms with E-state index in [1.807, 2.05) is 36.4 Å². The Kier molecular flexibility index (Phi) is 3.55. The molecular weight excluding hydrogens is 210 g/mol. The zero-order valence-corrected chi connectivity index (χ0v) is 10.1. The molecule has 0 amide bonds. The first kappa shape index (κ1) is 11.4. The summed E-state index contributed by atoms with van der Waals surface area (Å²) < 4.78 is 5.13. The van der Waals surface area contributed by atoms with Crippen LogP contribution in [0.1, 0.15) is 18.1 Å². The molecule has 0 aliphatic rings. The Balaban J connectivity index is 2.23.